The number of carboxylic acids is 1. The number of sulfone groups is 2. The van der Waals surface area contributed by atoms with E-state index in [2.05, 4.69) is 0 Å². The monoisotopic (exact) mass is 312 g/mol. The molecule has 6 nitrogen and oxygen atoms in total. The van der Waals surface area contributed by atoms with Gasteiger partial charge in [0, 0.05) is 0 Å². The highest BCUT2D eigenvalue weighted by Crippen LogP contribution is 2.37. The maximum Gasteiger partial charge on any atom is 0.310 e. The molecule has 0 radical (unpaired) electrons. The number of rotatable bonds is 4. The van der Waals surface area contributed by atoms with Gasteiger partial charge >= 0.3 is 5.97 Å². The fourth-order valence-electron chi connectivity index (χ4n) is 2.02. The van der Waals surface area contributed by atoms with Crippen molar-refractivity contribution in [1.29, 1.82) is 0 Å². The highest BCUT2D eigenvalue weighted by Gasteiger charge is 2.49. The molecule has 0 aromatic rings. The summed E-state index contributed by atoms with van der Waals surface area (Å²) in [5, 5.41) is 9.24. The van der Waals surface area contributed by atoms with Crippen molar-refractivity contribution in [3.05, 3.63) is 0 Å². The van der Waals surface area contributed by atoms with E-state index in [9.17, 15) is 26.7 Å². The van der Waals surface area contributed by atoms with Crippen LogP contribution in [0.1, 0.15) is 33.6 Å². The van der Waals surface area contributed by atoms with Gasteiger partial charge in [0.05, 0.1) is 27.4 Å². The third-order valence-electron chi connectivity index (χ3n) is 3.62. The molecule has 1 aliphatic heterocycles. The van der Waals surface area contributed by atoms with Crippen LogP contribution in [0.2, 0.25) is 0 Å². The van der Waals surface area contributed by atoms with Gasteiger partial charge in [0.25, 0.3) is 0 Å². The third-order valence-corrected chi connectivity index (χ3v) is 8.05. The van der Waals surface area contributed by atoms with E-state index in [1.165, 1.54) is 0 Å². The molecule has 1 rings (SSSR count). The summed E-state index contributed by atoms with van der Waals surface area (Å²) in [6.45, 7) is 4.63. The van der Waals surface area contributed by atoms with E-state index < -0.39 is 41.6 Å². The summed E-state index contributed by atoms with van der Waals surface area (Å²) in [5.74, 6) is -2.18. The first-order valence-corrected chi connectivity index (χ1v) is 9.45. The number of carbonyl (C=O) groups is 1. The second-order valence-corrected chi connectivity index (χ2v) is 11.2. The number of aliphatic carboxylic acids is 1. The van der Waals surface area contributed by atoms with Crippen molar-refractivity contribution in [3.8, 4) is 0 Å². The zero-order valence-corrected chi connectivity index (χ0v) is 13.0. The first kappa shape index (κ1) is 16.4. The van der Waals surface area contributed by atoms with Gasteiger partial charge in [0.1, 0.15) is 0 Å². The molecule has 8 heteroatoms. The van der Waals surface area contributed by atoms with Crippen molar-refractivity contribution in [2.24, 2.45) is 5.41 Å². The first-order valence-electron chi connectivity index (χ1n) is 5.98. The van der Waals surface area contributed by atoms with Crippen LogP contribution < -0.4 is 0 Å². The maximum atomic E-state index is 12.0. The van der Waals surface area contributed by atoms with Crippen LogP contribution in [0.3, 0.4) is 0 Å². The molecule has 1 N–H and O–H groups in total. The van der Waals surface area contributed by atoms with Crippen molar-refractivity contribution in [2.45, 2.75) is 38.4 Å². The van der Waals surface area contributed by atoms with Crippen molar-refractivity contribution >= 4 is 25.6 Å². The molecule has 1 atom stereocenters. The Morgan fingerprint density at radius 2 is 1.84 bits per heavy atom. The lowest BCUT2D eigenvalue weighted by Crippen LogP contribution is -2.38. The fourth-order valence-corrected chi connectivity index (χ4v) is 5.40. The molecule has 112 valence electrons. The summed E-state index contributed by atoms with van der Waals surface area (Å²) in [6, 6.07) is 0. The zero-order valence-electron chi connectivity index (χ0n) is 11.3. The Morgan fingerprint density at radius 1 is 1.32 bits per heavy atom. The predicted molar refractivity (Wildman–Crippen MR) is 71.5 cm³/mol. The van der Waals surface area contributed by atoms with Crippen LogP contribution in [-0.4, -0.2) is 49.9 Å². The summed E-state index contributed by atoms with van der Waals surface area (Å²) in [6.07, 6.45) is -0.161. The van der Waals surface area contributed by atoms with E-state index in [4.69, 9.17) is 0 Å². The largest absolute Gasteiger partial charge is 0.481 e. The van der Waals surface area contributed by atoms with Gasteiger partial charge in [0.15, 0.2) is 19.7 Å². The third kappa shape index (κ3) is 3.47. The molecular weight excluding hydrogens is 292 g/mol. The average Bonchev–Trinajstić information content (AvgIpc) is 2.51. The SMILES string of the molecule is CC(C)(C)S(=O)(=O)CCC1(C(=O)O)CCS(=O)(=O)C1. The van der Waals surface area contributed by atoms with Crippen molar-refractivity contribution in [3.63, 3.8) is 0 Å². The summed E-state index contributed by atoms with van der Waals surface area (Å²) < 4.78 is 45.9. The minimum absolute atomic E-state index is 0.00959. The Balaban J connectivity index is 2.94. The average molecular weight is 312 g/mol. The van der Waals surface area contributed by atoms with Crippen LogP contribution in [0.15, 0.2) is 0 Å². The first-order chi connectivity index (χ1) is 8.31. The number of carboxylic acid groups (broad SMARTS) is 1. The summed E-state index contributed by atoms with van der Waals surface area (Å²) in [7, 11) is -6.83. The molecular formula is C11H20O6S2. The van der Waals surface area contributed by atoms with Crippen LogP contribution in [0, 0.1) is 5.41 Å². The lowest BCUT2D eigenvalue weighted by molar-refractivity contribution is -0.147. The molecule has 0 spiro atoms. The smallest absolute Gasteiger partial charge is 0.310 e. The summed E-state index contributed by atoms with van der Waals surface area (Å²) in [5.41, 5.74) is -1.45. The van der Waals surface area contributed by atoms with E-state index in [1.54, 1.807) is 20.8 Å². The molecule has 0 bridgehead atoms. The molecule has 1 unspecified atom stereocenters. The Labute approximate surface area is 114 Å². The molecule has 19 heavy (non-hydrogen) atoms. The quantitative estimate of drug-likeness (QED) is 0.809. The van der Waals surface area contributed by atoms with E-state index in [0.29, 0.717) is 0 Å². The second kappa shape index (κ2) is 4.73. The molecule has 0 saturated carbocycles. The standard InChI is InChI=1S/C11H20O6S2/c1-10(2,3)19(16,17)7-5-11(9(12)13)4-6-18(14,15)8-11/h4-8H2,1-3H3,(H,12,13). The highest BCUT2D eigenvalue weighted by atomic mass is 32.2. The molecule has 0 aromatic heterocycles. The van der Waals surface area contributed by atoms with Crippen molar-refractivity contribution in [2.75, 3.05) is 17.3 Å². The van der Waals surface area contributed by atoms with Gasteiger partial charge in [-0.15, -0.1) is 0 Å². The fraction of sp³-hybridized carbons (Fsp3) is 0.909. The molecule has 1 saturated heterocycles. The Morgan fingerprint density at radius 3 is 2.16 bits per heavy atom. The molecule has 1 aliphatic rings. The van der Waals surface area contributed by atoms with Gasteiger partial charge in [-0.2, -0.15) is 0 Å². The molecule has 1 fully saturated rings. The van der Waals surface area contributed by atoms with Crippen LogP contribution >= 0.6 is 0 Å². The molecule has 0 aromatic carbocycles. The van der Waals surface area contributed by atoms with E-state index in [0.717, 1.165) is 0 Å². The lowest BCUT2D eigenvalue weighted by Gasteiger charge is -2.25. The van der Waals surface area contributed by atoms with Gasteiger partial charge in [-0.05, 0) is 33.6 Å². The number of hydrogen-bond donors (Lipinski definition) is 1. The van der Waals surface area contributed by atoms with Crippen LogP contribution in [-0.2, 0) is 24.5 Å². The topological polar surface area (TPSA) is 106 Å². The Bertz CT molecular complexity index is 567. The van der Waals surface area contributed by atoms with Gasteiger partial charge in [-0.3, -0.25) is 4.79 Å². The highest BCUT2D eigenvalue weighted by molar-refractivity contribution is 7.92. The summed E-state index contributed by atoms with van der Waals surface area (Å²) >= 11 is 0. The Kier molecular flexibility index (Phi) is 4.09. The van der Waals surface area contributed by atoms with Crippen molar-refractivity contribution < 1.29 is 26.7 Å². The van der Waals surface area contributed by atoms with E-state index in [1.807, 2.05) is 0 Å². The predicted octanol–water partition coefficient (Wildman–Crippen LogP) is 0.479. The second-order valence-electron chi connectivity index (χ2n) is 6.11. The van der Waals surface area contributed by atoms with E-state index in [-0.39, 0.29) is 24.3 Å². The Hall–Kier alpha value is -0.630. The molecule has 1 heterocycles. The maximum absolute atomic E-state index is 12.0. The molecule has 0 amide bonds. The van der Waals surface area contributed by atoms with Gasteiger partial charge < -0.3 is 5.11 Å². The van der Waals surface area contributed by atoms with Gasteiger partial charge in [-0.1, -0.05) is 0 Å². The van der Waals surface area contributed by atoms with Crippen molar-refractivity contribution in [1.82, 2.24) is 0 Å². The van der Waals surface area contributed by atoms with Crippen LogP contribution in [0.5, 0.6) is 0 Å². The lowest BCUT2D eigenvalue weighted by atomic mass is 9.85. The number of hydrogen-bond acceptors (Lipinski definition) is 5. The normalized spacial score (nSPS) is 27.3. The van der Waals surface area contributed by atoms with Crippen LogP contribution in [0.4, 0.5) is 0 Å². The van der Waals surface area contributed by atoms with E-state index >= 15 is 0 Å². The van der Waals surface area contributed by atoms with Crippen LogP contribution in [0.25, 0.3) is 0 Å². The molecule has 0 aliphatic carbocycles. The minimum Gasteiger partial charge on any atom is -0.481 e. The van der Waals surface area contributed by atoms with Gasteiger partial charge in [0.2, 0.25) is 0 Å². The minimum atomic E-state index is -3.45. The zero-order chi connectivity index (χ0) is 15.1. The van der Waals surface area contributed by atoms with Gasteiger partial charge in [-0.25, -0.2) is 16.8 Å². The summed E-state index contributed by atoms with van der Waals surface area (Å²) in [4.78, 5) is 11.3.